The molecule has 1 aromatic carbocycles. The largest absolute Gasteiger partial charge is 0.466 e. The van der Waals surface area contributed by atoms with Gasteiger partial charge in [-0.2, -0.15) is 14.0 Å². The van der Waals surface area contributed by atoms with Crippen LogP contribution < -0.4 is 4.74 Å². The second-order valence-electron chi connectivity index (χ2n) is 3.91. The van der Waals surface area contributed by atoms with E-state index in [9.17, 15) is 13.6 Å². The number of nitrogens with zero attached hydrogens (tertiary/aromatic N) is 1. The van der Waals surface area contributed by atoms with E-state index in [1.165, 1.54) is 6.07 Å². The molecule has 108 valence electrons. The van der Waals surface area contributed by atoms with Crippen LogP contribution >= 0.6 is 0 Å². The summed E-state index contributed by atoms with van der Waals surface area (Å²) in [5, 5.41) is 8.94. The Morgan fingerprint density at radius 2 is 2.10 bits per heavy atom. The number of halogens is 2. The summed E-state index contributed by atoms with van der Waals surface area (Å²) < 4.78 is 34.2. The van der Waals surface area contributed by atoms with Crippen LogP contribution in [-0.4, -0.2) is 19.2 Å². The molecule has 0 spiro atoms. The lowest BCUT2D eigenvalue weighted by Gasteiger charge is -2.15. The molecular formula is C14H15F2NO3. The van der Waals surface area contributed by atoms with Gasteiger partial charge in [0.15, 0.2) is 0 Å². The summed E-state index contributed by atoms with van der Waals surface area (Å²) >= 11 is 0. The van der Waals surface area contributed by atoms with Crippen molar-refractivity contribution in [1.29, 1.82) is 5.26 Å². The zero-order valence-corrected chi connectivity index (χ0v) is 11.3. The highest BCUT2D eigenvalue weighted by atomic mass is 19.3. The number of hydrogen-bond acceptors (Lipinski definition) is 4. The van der Waals surface area contributed by atoms with E-state index in [1.807, 2.05) is 0 Å². The van der Waals surface area contributed by atoms with Gasteiger partial charge >= 0.3 is 12.6 Å². The van der Waals surface area contributed by atoms with Gasteiger partial charge in [0.25, 0.3) is 0 Å². The molecule has 0 atom stereocenters. The van der Waals surface area contributed by atoms with Crippen LogP contribution in [-0.2, 0) is 22.4 Å². The Balaban J connectivity index is 3.20. The monoisotopic (exact) mass is 283 g/mol. The molecule has 0 aliphatic rings. The van der Waals surface area contributed by atoms with Crippen molar-refractivity contribution in [3.05, 3.63) is 28.8 Å². The summed E-state index contributed by atoms with van der Waals surface area (Å²) in [6, 6.07) is 4.74. The Morgan fingerprint density at radius 3 is 2.60 bits per heavy atom. The lowest BCUT2D eigenvalue weighted by molar-refractivity contribution is -0.142. The molecule has 4 nitrogen and oxygen atoms in total. The molecule has 0 aromatic heterocycles. The molecule has 0 fully saturated rings. The standard InChI is InChI=1S/C14H15F2NO3/c1-3-11-9(7-12(18)19-4-2)5-6-10(8-17)13(11)20-14(15)16/h5-6,14H,3-4,7H2,1-2H3. The summed E-state index contributed by atoms with van der Waals surface area (Å²) in [6.07, 6.45) is 0.328. The number of carbonyl (C=O) groups excluding carboxylic acids is 1. The zero-order chi connectivity index (χ0) is 15.1. The predicted octanol–water partition coefficient (Wildman–Crippen LogP) is 2.83. The average Bonchev–Trinajstić information content (AvgIpc) is 2.39. The van der Waals surface area contributed by atoms with Gasteiger partial charge in [-0.25, -0.2) is 0 Å². The number of esters is 1. The molecule has 0 saturated carbocycles. The third kappa shape index (κ3) is 3.92. The molecule has 20 heavy (non-hydrogen) atoms. The first kappa shape index (κ1) is 15.9. The Morgan fingerprint density at radius 1 is 1.40 bits per heavy atom. The average molecular weight is 283 g/mol. The van der Waals surface area contributed by atoms with E-state index in [2.05, 4.69) is 4.74 Å². The van der Waals surface area contributed by atoms with Crippen LogP contribution in [0.3, 0.4) is 0 Å². The van der Waals surface area contributed by atoms with Gasteiger partial charge in [0.05, 0.1) is 18.6 Å². The highest BCUT2D eigenvalue weighted by Crippen LogP contribution is 2.29. The summed E-state index contributed by atoms with van der Waals surface area (Å²) in [6.45, 7) is 0.647. The number of ether oxygens (including phenoxy) is 2. The topological polar surface area (TPSA) is 59.3 Å². The maximum Gasteiger partial charge on any atom is 0.387 e. The zero-order valence-electron chi connectivity index (χ0n) is 11.3. The van der Waals surface area contributed by atoms with Crippen molar-refractivity contribution in [2.45, 2.75) is 33.3 Å². The van der Waals surface area contributed by atoms with Crippen molar-refractivity contribution in [1.82, 2.24) is 0 Å². The summed E-state index contributed by atoms with van der Waals surface area (Å²) in [4.78, 5) is 11.5. The van der Waals surface area contributed by atoms with E-state index >= 15 is 0 Å². The number of rotatable bonds is 6. The van der Waals surface area contributed by atoms with Crippen LogP contribution in [0.2, 0.25) is 0 Å². The van der Waals surface area contributed by atoms with Crippen molar-refractivity contribution in [3.63, 3.8) is 0 Å². The maximum atomic E-state index is 12.4. The Labute approximate surface area is 115 Å². The van der Waals surface area contributed by atoms with E-state index in [0.717, 1.165) is 0 Å². The molecule has 0 unspecified atom stereocenters. The second-order valence-corrected chi connectivity index (χ2v) is 3.91. The normalized spacial score (nSPS) is 10.2. The smallest absolute Gasteiger partial charge is 0.387 e. The molecule has 6 heteroatoms. The van der Waals surface area contributed by atoms with Gasteiger partial charge in [0, 0.05) is 0 Å². The highest BCUT2D eigenvalue weighted by Gasteiger charge is 2.18. The second kappa shape index (κ2) is 7.43. The Kier molecular flexibility index (Phi) is 5.91. The van der Waals surface area contributed by atoms with Crippen molar-refractivity contribution < 1.29 is 23.0 Å². The summed E-state index contributed by atoms with van der Waals surface area (Å²) in [5.74, 6) is -0.610. The van der Waals surface area contributed by atoms with Crippen molar-refractivity contribution in [2.75, 3.05) is 6.61 Å². The minimum Gasteiger partial charge on any atom is -0.466 e. The maximum absolute atomic E-state index is 12.4. The van der Waals surface area contributed by atoms with Crippen LogP contribution in [0.15, 0.2) is 12.1 Å². The van der Waals surface area contributed by atoms with Gasteiger partial charge in [-0.3, -0.25) is 4.79 Å². The van der Waals surface area contributed by atoms with Gasteiger partial charge in [-0.1, -0.05) is 13.0 Å². The number of nitriles is 1. The summed E-state index contributed by atoms with van der Waals surface area (Å²) in [7, 11) is 0. The van der Waals surface area contributed by atoms with E-state index in [-0.39, 0.29) is 24.3 Å². The third-order valence-electron chi connectivity index (χ3n) is 2.68. The highest BCUT2D eigenvalue weighted by molar-refractivity contribution is 5.74. The van der Waals surface area contributed by atoms with Crippen LogP contribution in [0.5, 0.6) is 5.75 Å². The molecule has 0 radical (unpaired) electrons. The summed E-state index contributed by atoms with van der Waals surface area (Å²) in [5.41, 5.74) is 0.979. The minimum absolute atomic E-state index is 0.0229. The number of carbonyl (C=O) groups is 1. The van der Waals surface area contributed by atoms with E-state index in [0.29, 0.717) is 17.5 Å². The molecule has 1 rings (SSSR count). The molecule has 0 N–H and O–H groups in total. The molecule has 0 heterocycles. The fraction of sp³-hybridized carbons (Fsp3) is 0.429. The lowest BCUT2D eigenvalue weighted by Crippen LogP contribution is -2.12. The number of hydrogen-bond donors (Lipinski definition) is 0. The third-order valence-corrected chi connectivity index (χ3v) is 2.68. The van der Waals surface area contributed by atoms with Crippen LogP contribution in [0.4, 0.5) is 8.78 Å². The Hall–Kier alpha value is -2.16. The first-order valence-corrected chi connectivity index (χ1v) is 6.18. The Bertz CT molecular complexity index is 524. The quantitative estimate of drug-likeness (QED) is 0.753. The number of benzene rings is 1. The predicted molar refractivity (Wildman–Crippen MR) is 67.5 cm³/mol. The van der Waals surface area contributed by atoms with Gasteiger partial charge in [0.1, 0.15) is 11.8 Å². The minimum atomic E-state index is -3.02. The van der Waals surface area contributed by atoms with Gasteiger partial charge in [0.2, 0.25) is 0 Å². The molecular weight excluding hydrogens is 268 g/mol. The molecule has 0 aliphatic carbocycles. The van der Waals surface area contributed by atoms with Gasteiger partial charge in [-0.05, 0) is 30.5 Å². The van der Waals surface area contributed by atoms with Crippen LogP contribution in [0.1, 0.15) is 30.5 Å². The fourth-order valence-electron chi connectivity index (χ4n) is 1.90. The lowest BCUT2D eigenvalue weighted by atomic mass is 9.98. The molecule has 0 bridgehead atoms. The molecule has 0 amide bonds. The first-order valence-electron chi connectivity index (χ1n) is 6.18. The molecule has 0 aliphatic heterocycles. The van der Waals surface area contributed by atoms with Crippen LogP contribution in [0, 0.1) is 11.3 Å². The van der Waals surface area contributed by atoms with Crippen molar-refractivity contribution >= 4 is 5.97 Å². The molecule has 1 aromatic rings. The van der Waals surface area contributed by atoms with Crippen LogP contribution in [0.25, 0.3) is 0 Å². The van der Waals surface area contributed by atoms with E-state index in [4.69, 9.17) is 10.00 Å². The van der Waals surface area contributed by atoms with Crippen molar-refractivity contribution in [2.24, 2.45) is 0 Å². The van der Waals surface area contributed by atoms with Gasteiger partial charge in [-0.15, -0.1) is 0 Å². The van der Waals surface area contributed by atoms with E-state index in [1.54, 1.807) is 26.0 Å². The van der Waals surface area contributed by atoms with Crippen molar-refractivity contribution in [3.8, 4) is 11.8 Å². The first-order chi connectivity index (χ1) is 9.53. The van der Waals surface area contributed by atoms with E-state index < -0.39 is 12.6 Å². The van der Waals surface area contributed by atoms with Gasteiger partial charge < -0.3 is 9.47 Å². The number of alkyl halides is 2. The SMILES string of the molecule is CCOC(=O)Cc1ccc(C#N)c(OC(F)F)c1CC. The fourth-order valence-corrected chi connectivity index (χ4v) is 1.90. The molecule has 0 saturated heterocycles.